The van der Waals surface area contributed by atoms with Gasteiger partial charge in [0.25, 0.3) is 0 Å². The summed E-state index contributed by atoms with van der Waals surface area (Å²) in [5.74, 6) is 0. The number of aryl methyl sites for hydroxylation is 1. The molecule has 1 aliphatic rings. The van der Waals surface area contributed by atoms with Crippen molar-refractivity contribution in [2.45, 2.75) is 69.6 Å². The Bertz CT molecular complexity index is 953. The van der Waals surface area contributed by atoms with Gasteiger partial charge in [-0.05, 0) is 42.8 Å². The van der Waals surface area contributed by atoms with Crippen LogP contribution in [0.25, 0.3) is 0 Å². The quantitative estimate of drug-likeness (QED) is 0.425. The van der Waals surface area contributed by atoms with Crippen LogP contribution in [0.5, 0.6) is 0 Å². The molecule has 0 amide bonds. The first-order chi connectivity index (χ1) is 13.9. The molecule has 5 nitrogen and oxygen atoms in total. The molecule has 0 spiro atoms. The number of hydrogen-bond acceptors (Lipinski definition) is 4. The van der Waals surface area contributed by atoms with Gasteiger partial charge in [-0.25, -0.2) is 8.42 Å². The Hall–Kier alpha value is -1.51. The van der Waals surface area contributed by atoms with E-state index in [4.69, 9.17) is 9.16 Å². The van der Waals surface area contributed by atoms with Crippen LogP contribution in [0.15, 0.2) is 59.5 Å². The number of benzene rings is 2. The Labute approximate surface area is 182 Å². The fraction of sp³-hybridized carbons (Fsp3) is 0.478. The predicted molar refractivity (Wildman–Crippen MR) is 122 cm³/mol. The van der Waals surface area contributed by atoms with E-state index < -0.39 is 24.6 Å². The smallest absolute Gasteiger partial charge is 0.245 e. The zero-order valence-electron chi connectivity index (χ0n) is 18.8. The highest BCUT2D eigenvalue weighted by Gasteiger charge is 2.57. The first-order valence-electron chi connectivity index (χ1n) is 10.3. The average molecular weight is 448 g/mol. The van der Waals surface area contributed by atoms with E-state index in [1.54, 1.807) is 12.1 Å². The molecule has 0 N–H and O–H groups in total. The number of rotatable bonds is 8. The van der Waals surface area contributed by atoms with E-state index in [2.05, 4.69) is 33.9 Å². The highest BCUT2D eigenvalue weighted by Crippen LogP contribution is 2.41. The SMILES string of the molecule is Cc1ccc(S(=O)(=O)N2[C@H](CO[Si](C)(C)C(C)(C)C)[C@@H]2OCc2ccccc2)cc1. The van der Waals surface area contributed by atoms with Crippen LogP contribution in [-0.4, -0.2) is 39.9 Å². The fourth-order valence-electron chi connectivity index (χ4n) is 2.99. The van der Waals surface area contributed by atoms with E-state index in [1.165, 1.54) is 4.31 Å². The van der Waals surface area contributed by atoms with Crippen molar-refractivity contribution in [3.63, 3.8) is 0 Å². The molecule has 3 rings (SSSR count). The minimum absolute atomic E-state index is 0.0585. The third-order valence-electron chi connectivity index (χ3n) is 6.10. The number of hydrogen-bond donors (Lipinski definition) is 0. The summed E-state index contributed by atoms with van der Waals surface area (Å²) < 4.78 is 40.3. The van der Waals surface area contributed by atoms with Crippen molar-refractivity contribution in [3.8, 4) is 0 Å². The molecule has 0 saturated carbocycles. The molecule has 1 heterocycles. The summed E-state index contributed by atoms with van der Waals surface area (Å²) in [4.78, 5) is 0.288. The first-order valence-corrected chi connectivity index (χ1v) is 14.7. The molecule has 0 aliphatic carbocycles. The Balaban J connectivity index is 1.77. The summed E-state index contributed by atoms with van der Waals surface area (Å²) >= 11 is 0. The van der Waals surface area contributed by atoms with Crippen LogP contribution in [0, 0.1) is 6.92 Å². The Kier molecular flexibility index (Phi) is 6.60. The van der Waals surface area contributed by atoms with Crippen LogP contribution < -0.4 is 0 Å². The maximum Gasteiger partial charge on any atom is 0.245 e. The minimum atomic E-state index is -3.64. The van der Waals surface area contributed by atoms with Gasteiger partial charge in [-0.1, -0.05) is 68.8 Å². The van der Waals surface area contributed by atoms with Crippen molar-refractivity contribution in [3.05, 3.63) is 65.7 Å². The second kappa shape index (κ2) is 8.55. The van der Waals surface area contributed by atoms with Crippen LogP contribution in [0.4, 0.5) is 0 Å². The fourth-order valence-corrected chi connectivity index (χ4v) is 5.67. The molecule has 2 aromatic rings. The molecule has 0 aromatic heterocycles. The highest BCUT2D eigenvalue weighted by molar-refractivity contribution is 7.89. The Morgan fingerprint density at radius 1 is 1.00 bits per heavy atom. The lowest BCUT2D eigenvalue weighted by Gasteiger charge is -2.36. The largest absolute Gasteiger partial charge is 0.415 e. The van der Waals surface area contributed by atoms with Gasteiger partial charge in [0.15, 0.2) is 8.32 Å². The molecule has 1 fully saturated rings. The Morgan fingerprint density at radius 2 is 1.60 bits per heavy atom. The molecule has 1 unspecified atom stereocenters. The van der Waals surface area contributed by atoms with Crippen LogP contribution in [-0.2, 0) is 25.8 Å². The van der Waals surface area contributed by atoms with Crippen molar-refractivity contribution in [1.82, 2.24) is 4.31 Å². The maximum atomic E-state index is 13.3. The van der Waals surface area contributed by atoms with Gasteiger partial charge >= 0.3 is 0 Å². The summed E-state index contributed by atoms with van der Waals surface area (Å²) in [6.45, 7) is 13.5. The topological polar surface area (TPSA) is 55.6 Å². The van der Waals surface area contributed by atoms with Gasteiger partial charge in [0.2, 0.25) is 10.0 Å². The van der Waals surface area contributed by atoms with E-state index in [-0.39, 0.29) is 16.0 Å². The molecule has 3 atom stereocenters. The summed E-state index contributed by atoms with van der Waals surface area (Å²) in [5.41, 5.74) is 2.04. The Morgan fingerprint density at radius 3 is 2.17 bits per heavy atom. The third kappa shape index (κ3) is 5.03. The zero-order chi connectivity index (χ0) is 22.2. The molecule has 164 valence electrons. The minimum Gasteiger partial charge on any atom is -0.415 e. The molecule has 0 bridgehead atoms. The number of sulfonamides is 1. The van der Waals surface area contributed by atoms with Gasteiger partial charge in [0, 0.05) is 0 Å². The normalized spacial score (nSPS) is 22.1. The van der Waals surface area contributed by atoms with Crippen molar-refractivity contribution in [1.29, 1.82) is 0 Å². The molecule has 30 heavy (non-hydrogen) atoms. The van der Waals surface area contributed by atoms with Crippen molar-refractivity contribution >= 4 is 18.3 Å². The van der Waals surface area contributed by atoms with Crippen molar-refractivity contribution in [2.75, 3.05) is 6.61 Å². The second-order valence-electron chi connectivity index (χ2n) is 9.47. The molecular weight excluding hydrogens is 414 g/mol. The van der Waals surface area contributed by atoms with E-state index in [0.717, 1.165) is 11.1 Å². The number of ether oxygens (including phenoxy) is 1. The molecule has 7 heteroatoms. The lowest BCUT2D eigenvalue weighted by molar-refractivity contribution is 0.0806. The van der Waals surface area contributed by atoms with Crippen molar-refractivity contribution in [2.24, 2.45) is 0 Å². The molecule has 1 aliphatic heterocycles. The highest BCUT2D eigenvalue weighted by atomic mass is 32.2. The van der Waals surface area contributed by atoms with Crippen molar-refractivity contribution < 1.29 is 17.6 Å². The lowest BCUT2D eigenvalue weighted by atomic mass is 10.2. The lowest BCUT2D eigenvalue weighted by Crippen LogP contribution is -2.42. The van der Waals surface area contributed by atoms with Gasteiger partial charge in [-0.3, -0.25) is 0 Å². The van der Waals surface area contributed by atoms with Gasteiger partial charge in [0.1, 0.15) is 6.23 Å². The van der Waals surface area contributed by atoms with E-state index in [9.17, 15) is 8.42 Å². The van der Waals surface area contributed by atoms with Gasteiger partial charge < -0.3 is 9.16 Å². The van der Waals surface area contributed by atoms with Crippen LogP contribution >= 0.6 is 0 Å². The second-order valence-corrected chi connectivity index (χ2v) is 16.1. The first kappa shape index (κ1) is 23.2. The van der Waals surface area contributed by atoms with E-state index >= 15 is 0 Å². The third-order valence-corrected chi connectivity index (χ3v) is 12.5. The van der Waals surface area contributed by atoms with Gasteiger partial charge in [0.05, 0.1) is 24.2 Å². The monoisotopic (exact) mass is 447 g/mol. The molecule has 2 aromatic carbocycles. The average Bonchev–Trinajstić information content (AvgIpc) is 3.39. The van der Waals surface area contributed by atoms with Crippen LogP contribution in [0.1, 0.15) is 31.9 Å². The molecule has 1 saturated heterocycles. The van der Waals surface area contributed by atoms with E-state index in [1.807, 2.05) is 49.4 Å². The summed E-state index contributed by atoms with van der Waals surface area (Å²) in [6, 6.07) is 16.4. The standard InChI is InChI=1S/C23H33NO4SSi/c1-18-12-14-20(15-13-18)29(25,26)24-21(17-28-30(5,6)23(2,3)4)22(24)27-16-19-10-8-7-9-11-19/h7-15,21-22H,16-17H2,1-6H3/t21-,22+,24?/m1/s1. The van der Waals surface area contributed by atoms with Gasteiger partial charge in [-0.15, -0.1) is 0 Å². The number of nitrogens with zero attached hydrogens (tertiary/aromatic N) is 1. The van der Waals surface area contributed by atoms with E-state index in [0.29, 0.717) is 13.2 Å². The summed E-state index contributed by atoms with van der Waals surface area (Å²) in [6.07, 6.45) is -0.513. The maximum absolute atomic E-state index is 13.3. The zero-order valence-corrected chi connectivity index (χ0v) is 20.6. The predicted octanol–water partition coefficient (Wildman–Crippen LogP) is 4.93. The van der Waals surface area contributed by atoms with Crippen LogP contribution in [0.3, 0.4) is 0 Å². The van der Waals surface area contributed by atoms with Crippen LogP contribution in [0.2, 0.25) is 18.1 Å². The van der Waals surface area contributed by atoms with Gasteiger partial charge in [-0.2, -0.15) is 4.31 Å². The summed E-state index contributed by atoms with van der Waals surface area (Å²) in [5, 5.41) is 0.0585. The molecular formula is C23H33NO4SSi. The summed E-state index contributed by atoms with van der Waals surface area (Å²) in [7, 11) is -5.64. The molecule has 0 radical (unpaired) electrons.